The van der Waals surface area contributed by atoms with Gasteiger partial charge in [0.05, 0.1) is 6.54 Å². The summed E-state index contributed by atoms with van der Waals surface area (Å²) in [5.74, 6) is 4.73. The van der Waals surface area contributed by atoms with Crippen LogP contribution in [0, 0.1) is 0 Å². The molecule has 0 bridgehead atoms. The Bertz CT molecular complexity index is 493. The summed E-state index contributed by atoms with van der Waals surface area (Å²) in [6.45, 7) is 3.71. The summed E-state index contributed by atoms with van der Waals surface area (Å²) in [7, 11) is 1.62. The summed E-state index contributed by atoms with van der Waals surface area (Å²) < 4.78 is 0.814. The Morgan fingerprint density at radius 1 is 1.40 bits per heavy atom. The molecule has 1 rings (SSSR count). The number of hydrazine groups is 1. The standard InChI is InChI=1S/C13H19BrN4O2/c1-3-18(8-12(19)16-2)7-10-5-4-9(6-11(10)14)13(20)17-15/h4-6H,3,7-8,15H2,1-2H3,(H,16,19)(H,17,20). The van der Waals surface area contributed by atoms with Crippen LogP contribution in [-0.2, 0) is 11.3 Å². The third-order valence-electron chi connectivity index (χ3n) is 2.93. The Morgan fingerprint density at radius 2 is 2.10 bits per heavy atom. The van der Waals surface area contributed by atoms with Crippen LogP contribution in [0.25, 0.3) is 0 Å². The van der Waals surface area contributed by atoms with E-state index in [0.717, 1.165) is 16.6 Å². The maximum absolute atomic E-state index is 11.4. The number of amides is 2. The van der Waals surface area contributed by atoms with E-state index >= 15 is 0 Å². The Kier molecular flexibility index (Phi) is 6.63. The molecule has 0 aliphatic rings. The molecule has 0 heterocycles. The first-order valence-electron chi connectivity index (χ1n) is 6.24. The SMILES string of the molecule is CCN(CC(=O)NC)Cc1ccc(C(=O)NN)cc1Br. The molecule has 0 saturated heterocycles. The zero-order valence-electron chi connectivity index (χ0n) is 11.6. The summed E-state index contributed by atoms with van der Waals surface area (Å²) in [5.41, 5.74) is 3.58. The number of rotatable bonds is 6. The molecule has 20 heavy (non-hydrogen) atoms. The molecule has 0 spiro atoms. The fourth-order valence-corrected chi connectivity index (χ4v) is 2.21. The lowest BCUT2D eigenvalue weighted by Gasteiger charge is -2.20. The minimum absolute atomic E-state index is 0.0258. The number of nitrogens with two attached hydrogens (primary N) is 1. The van der Waals surface area contributed by atoms with Crippen molar-refractivity contribution in [1.29, 1.82) is 0 Å². The summed E-state index contributed by atoms with van der Waals surface area (Å²) in [6.07, 6.45) is 0. The molecule has 0 saturated carbocycles. The van der Waals surface area contributed by atoms with Crippen molar-refractivity contribution in [3.63, 3.8) is 0 Å². The summed E-state index contributed by atoms with van der Waals surface area (Å²) in [6, 6.07) is 5.27. The zero-order chi connectivity index (χ0) is 15.1. The molecule has 1 aromatic rings. The number of carbonyl (C=O) groups is 2. The average Bonchev–Trinajstić information content (AvgIpc) is 2.47. The van der Waals surface area contributed by atoms with Crippen LogP contribution in [0.15, 0.2) is 22.7 Å². The first kappa shape index (κ1) is 16.6. The maximum atomic E-state index is 11.4. The van der Waals surface area contributed by atoms with E-state index in [4.69, 9.17) is 5.84 Å². The van der Waals surface area contributed by atoms with E-state index in [2.05, 4.69) is 26.7 Å². The van der Waals surface area contributed by atoms with Crippen molar-refractivity contribution < 1.29 is 9.59 Å². The van der Waals surface area contributed by atoms with Gasteiger partial charge in [-0.15, -0.1) is 0 Å². The van der Waals surface area contributed by atoms with Gasteiger partial charge in [-0.25, -0.2) is 5.84 Å². The van der Waals surface area contributed by atoms with Crippen LogP contribution < -0.4 is 16.6 Å². The molecule has 4 N–H and O–H groups in total. The number of halogens is 1. The summed E-state index contributed by atoms with van der Waals surface area (Å²) >= 11 is 3.44. The zero-order valence-corrected chi connectivity index (χ0v) is 13.2. The highest BCUT2D eigenvalue weighted by Crippen LogP contribution is 2.20. The summed E-state index contributed by atoms with van der Waals surface area (Å²) in [4.78, 5) is 24.8. The molecule has 0 aliphatic heterocycles. The highest BCUT2D eigenvalue weighted by Gasteiger charge is 2.12. The second-order valence-corrected chi connectivity index (χ2v) is 5.11. The van der Waals surface area contributed by atoms with Crippen LogP contribution in [-0.4, -0.2) is 36.9 Å². The predicted molar refractivity (Wildman–Crippen MR) is 80.8 cm³/mol. The van der Waals surface area contributed by atoms with E-state index < -0.39 is 0 Å². The number of likely N-dealkylation sites (N-methyl/N-ethyl adjacent to an activating group) is 2. The molecule has 110 valence electrons. The molecule has 0 atom stereocenters. The smallest absolute Gasteiger partial charge is 0.265 e. The molecule has 2 amide bonds. The van der Waals surface area contributed by atoms with Gasteiger partial charge in [0.15, 0.2) is 0 Å². The molecule has 0 unspecified atom stereocenters. The third kappa shape index (κ3) is 4.59. The number of carbonyl (C=O) groups excluding carboxylic acids is 2. The van der Waals surface area contributed by atoms with E-state index in [0.29, 0.717) is 18.7 Å². The maximum Gasteiger partial charge on any atom is 0.265 e. The topological polar surface area (TPSA) is 87.5 Å². The molecule has 0 aliphatic carbocycles. The minimum atomic E-state index is -0.338. The number of nitrogen functional groups attached to an aromatic ring is 1. The van der Waals surface area contributed by atoms with Gasteiger partial charge in [0.25, 0.3) is 5.91 Å². The summed E-state index contributed by atoms with van der Waals surface area (Å²) in [5, 5.41) is 2.60. The fraction of sp³-hybridized carbons (Fsp3) is 0.385. The van der Waals surface area contributed by atoms with Gasteiger partial charge in [-0.2, -0.15) is 0 Å². The molecule has 0 fully saturated rings. The van der Waals surface area contributed by atoms with Crippen LogP contribution in [0.5, 0.6) is 0 Å². The van der Waals surface area contributed by atoms with Crippen molar-refractivity contribution in [3.8, 4) is 0 Å². The number of hydrogen-bond acceptors (Lipinski definition) is 4. The number of benzene rings is 1. The van der Waals surface area contributed by atoms with Crippen molar-refractivity contribution in [3.05, 3.63) is 33.8 Å². The van der Waals surface area contributed by atoms with Gasteiger partial charge in [0.1, 0.15) is 0 Å². The second kappa shape index (κ2) is 7.98. The van der Waals surface area contributed by atoms with Gasteiger partial charge in [-0.05, 0) is 24.2 Å². The van der Waals surface area contributed by atoms with Gasteiger partial charge >= 0.3 is 0 Å². The lowest BCUT2D eigenvalue weighted by molar-refractivity contribution is -0.121. The normalized spacial score (nSPS) is 10.4. The first-order chi connectivity index (χ1) is 9.51. The fourth-order valence-electron chi connectivity index (χ4n) is 1.70. The van der Waals surface area contributed by atoms with E-state index in [1.807, 2.05) is 17.9 Å². The predicted octanol–water partition coefficient (Wildman–Crippen LogP) is 0.620. The van der Waals surface area contributed by atoms with E-state index in [-0.39, 0.29) is 11.8 Å². The quantitative estimate of drug-likeness (QED) is 0.401. The molecule has 7 heteroatoms. The largest absolute Gasteiger partial charge is 0.358 e. The Hall–Kier alpha value is -1.44. The van der Waals surface area contributed by atoms with Gasteiger partial charge in [-0.3, -0.25) is 19.9 Å². The van der Waals surface area contributed by atoms with Crippen molar-refractivity contribution >= 4 is 27.7 Å². The van der Waals surface area contributed by atoms with E-state index in [9.17, 15) is 9.59 Å². The molecule has 0 radical (unpaired) electrons. The Morgan fingerprint density at radius 3 is 2.60 bits per heavy atom. The van der Waals surface area contributed by atoms with Crippen molar-refractivity contribution in [2.45, 2.75) is 13.5 Å². The van der Waals surface area contributed by atoms with E-state index in [1.165, 1.54) is 0 Å². The van der Waals surface area contributed by atoms with Gasteiger partial charge in [-0.1, -0.05) is 28.9 Å². The molecule has 1 aromatic carbocycles. The van der Waals surface area contributed by atoms with Gasteiger partial charge < -0.3 is 5.32 Å². The second-order valence-electron chi connectivity index (χ2n) is 4.26. The molecular weight excluding hydrogens is 324 g/mol. The van der Waals surface area contributed by atoms with Crippen molar-refractivity contribution in [2.24, 2.45) is 5.84 Å². The highest BCUT2D eigenvalue weighted by molar-refractivity contribution is 9.10. The Labute approximate surface area is 126 Å². The first-order valence-corrected chi connectivity index (χ1v) is 7.03. The average molecular weight is 343 g/mol. The van der Waals surface area contributed by atoms with Crippen LogP contribution in [0.3, 0.4) is 0 Å². The van der Waals surface area contributed by atoms with Crippen molar-refractivity contribution in [2.75, 3.05) is 20.1 Å². The van der Waals surface area contributed by atoms with Crippen LogP contribution in [0.4, 0.5) is 0 Å². The minimum Gasteiger partial charge on any atom is -0.358 e. The number of nitrogens with zero attached hydrogens (tertiary/aromatic N) is 1. The van der Waals surface area contributed by atoms with Gasteiger partial charge in [0.2, 0.25) is 5.91 Å². The molecular formula is C13H19BrN4O2. The highest BCUT2D eigenvalue weighted by atomic mass is 79.9. The lowest BCUT2D eigenvalue weighted by Crippen LogP contribution is -2.35. The molecule has 6 nitrogen and oxygen atoms in total. The third-order valence-corrected chi connectivity index (χ3v) is 3.67. The van der Waals surface area contributed by atoms with Crippen molar-refractivity contribution in [1.82, 2.24) is 15.6 Å². The van der Waals surface area contributed by atoms with Crippen LogP contribution in [0.1, 0.15) is 22.8 Å². The van der Waals surface area contributed by atoms with E-state index in [1.54, 1.807) is 19.2 Å². The Balaban J connectivity index is 2.81. The number of hydrogen-bond donors (Lipinski definition) is 3. The number of nitrogens with one attached hydrogen (secondary N) is 2. The van der Waals surface area contributed by atoms with Crippen LogP contribution >= 0.6 is 15.9 Å². The van der Waals surface area contributed by atoms with Crippen LogP contribution in [0.2, 0.25) is 0 Å². The van der Waals surface area contributed by atoms with Gasteiger partial charge in [0, 0.05) is 23.6 Å². The molecule has 0 aromatic heterocycles. The lowest BCUT2D eigenvalue weighted by atomic mass is 10.1. The monoisotopic (exact) mass is 342 g/mol.